The van der Waals surface area contributed by atoms with Crippen LogP contribution in [0.3, 0.4) is 0 Å². The molecule has 0 spiro atoms. The highest BCUT2D eigenvalue weighted by Crippen LogP contribution is 2.32. The van der Waals surface area contributed by atoms with Gasteiger partial charge in [0.1, 0.15) is 23.7 Å². The zero-order valence-electron chi connectivity index (χ0n) is 14.2. The molecule has 2 saturated carbocycles. The van der Waals surface area contributed by atoms with Gasteiger partial charge in [0.25, 0.3) is 0 Å². The largest absolute Gasteiger partial charge is 0.471 e. The molecule has 0 aromatic carbocycles. The van der Waals surface area contributed by atoms with Crippen LogP contribution in [0.25, 0.3) is 0 Å². The molecular weight excluding hydrogens is 328 g/mol. The van der Waals surface area contributed by atoms with Crippen LogP contribution in [-0.2, 0) is 9.47 Å². The number of furan rings is 1. The molecule has 1 aromatic rings. The third-order valence-corrected chi connectivity index (χ3v) is 4.94. The number of hydrogen-bond acceptors (Lipinski definition) is 7. The highest BCUT2D eigenvalue weighted by molar-refractivity contribution is 6.02. The van der Waals surface area contributed by atoms with Crippen LogP contribution in [-0.4, -0.2) is 33.7 Å². The second-order valence-electron chi connectivity index (χ2n) is 6.99. The van der Waals surface area contributed by atoms with Crippen molar-refractivity contribution in [1.82, 2.24) is 0 Å². The van der Waals surface area contributed by atoms with Gasteiger partial charge in [0.2, 0.25) is 11.6 Å². The van der Waals surface area contributed by atoms with Crippen LogP contribution in [0, 0.1) is 0 Å². The predicted molar refractivity (Wildman–Crippen MR) is 85.6 cm³/mol. The first-order chi connectivity index (χ1) is 11.9. The van der Waals surface area contributed by atoms with Crippen LogP contribution in [0.15, 0.2) is 16.9 Å². The van der Waals surface area contributed by atoms with Crippen LogP contribution in [0.4, 0.5) is 0 Å². The van der Waals surface area contributed by atoms with Crippen molar-refractivity contribution in [2.24, 2.45) is 0 Å². The summed E-state index contributed by atoms with van der Waals surface area (Å²) < 4.78 is 15.4. The van der Waals surface area contributed by atoms with Crippen molar-refractivity contribution in [3.05, 3.63) is 23.7 Å². The Hall–Kier alpha value is -1.86. The van der Waals surface area contributed by atoms with E-state index in [1.807, 2.05) is 0 Å². The zero-order chi connectivity index (χ0) is 17.9. The lowest BCUT2D eigenvalue weighted by Crippen LogP contribution is -2.38. The maximum atomic E-state index is 12.4. The Bertz CT molecular complexity index is 569. The molecule has 3 rings (SSSR count). The molecule has 7 heteroatoms. The summed E-state index contributed by atoms with van der Waals surface area (Å²) in [4.78, 5) is 24.7. The van der Waals surface area contributed by atoms with E-state index in [0.29, 0.717) is 25.7 Å². The SMILES string of the molecule is O=C(OC1(O)CCCCC1)c1cocc1C(=O)OC1(O)CCCCC1. The van der Waals surface area contributed by atoms with E-state index >= 15 is 0 Å². The molecule has 25 heavy (non-hydrogen) atoms. The molecule has 0 saturated heterocycles. The fourth-order valence-electron chi connectivity index (χ4n) is 3.48. The van der Waals surface area contributed by atoms with E-state index in [0.717, 1.165) is 51.1 Å². The van der Waals surface area contributed by atoms with Crippen molar-refractivity contribution in [2.45, 2.75) is 75.8 Å². The molecule has 0 unspecified atom stereocenters. The number of aliphatic hydroxyl groups is 2. The topological polar surface area (TPSA) is 106 Å². The lowest BCUT2D eigenvalue weighted by Gasteiger charge is -2.32. The summed E-state index contributed by atoms with van der Waals surface area (Å²) in [5, 5.41) is 20.7. The summed E-state index contributed by atoms with van der Waals surface area (Å²) in [5.41, 5.74) is -0.216. The fourth-order valence-corrected chi connectivity index (χ4v) is 3.48. The first-order valence-corrected chi connectivity index (χ1v) is 8.88. The van der Waals surface area contributed by atoms with E-state index in [-0.39, 0.29) is 11.1 Å². The number of ether oxygens (including phenoxy) is 2. The predicted octanol–water partition coefficient (Wildman–Crippen LogP) is 2.90. The minimum atomic E-state index is -1.50. The number of carbonyl (C=O) groups is 2. The summed E-state index contributed by atoms with van der Waals surface area (Å²) in [7, 11) is 0. The van der Waals surface area contributed by atoms with Crippen LogP contribution in [0.2, 0.25) is 0 Å². The number of carbonyl (C=O) groups excluding carboxylic acids is 2. The van der Waals surface area contributed by atoms with Gasteiger partial charge in [-0.3, -0.25) is 0 Å². The van der Waals surface area contributed by atoms with E-state index in [2.05, 4.69) is 0 Å². The molecule has 138 valence electrons. The summed E-state index contributed by atoms with van der Waals surface area (Å²) in [5.74, 6) is -4.67. The van der Waals surface area contributed by atoms with Crippen molar-refractivity contribution in [1.29, 1.82) is 0 Å². The maximum Gasteiger partial charge on any atom is 0.344 e. The molecule has 0 atom stereocenters. The molecule has 1 aromatic heterocycles. The maximum absolute atomic E-state index is 12.4. The molecule has 0 amide bonds. The second-order valence-corrected chi connectivity index (χ2v) is 6.99. The fraction of sp³-hybridized carbons (Fsp3) is 0.667. The van der Waals surface area contributed by atoms with Crippen molar-refractivity contribution in [3.8, 4) is 0 Å². The van der Waals surface area contributed by atoms with Crippen molar-refractivity contribution >= 4 is 11.9 Å². The van der Waals surface area contributed by atoms with E-state index in [1.165, 1.54) is 0 Å². The van der Waals surface area contributed by atoms with Gasteiger partial charge >= 0.3 is 11.9 Å². The smallest absolute Gasteiger partial charge is 0.344 e. The lowest BCUT2D eigenvalue weighted by molar-refractivity contribution is -0.185. The average Bonchev–Trinajstić information content (AvgIpc) is 3.05. The minimum absolute atomic E-state index is 0.108. The minimum Gasteiger partial charge on any atom is -0.471 e. The van der Waals surface area contributed by atoms with E-state index < -0.39 is 23.5 Å². The monoisotopic (exact) mass is 352 g/mol. The Balaban J connectivity index is 1.69. The van der Waals surface area contributed by atoms with Gasteiger partial charge in [-0.1, -0.05) is 12.8 Å². The number of rotatable bonds is 4. The normalized spacial score (nSPS) is 22.2. The van der Waals surface area contributed by atoms with Crippen molar-refractivity contribution in [3.63, 3.8) is 0 Å². The first kappa shape index (κ1) is 17.9. The Morgan fingerprint density at radius 2 is 1.12 bits per heavy atom. The van der Waals surface area contributed by atoms with Gasteiger partial charge in [-0.2, -0.15) is 0 Å². The Morgan fingerprint density at radius 1 is 0.760 bits per heavy atom. The van der Waals surface area contributed by atoms with Crippen molar-refractivity contribution < 1.29 is 33.7 Å². The molecular formula is C18H24O7. The molecule has 0 aliphatic heterocycles. The number of hydrogen-bond donors (Lipinski definition) is 2. The summed E-state index contributed by atoms with van der Waals surface area (Å²) >= 11 is 0. The van der Waals surface area contributed by atoms with E-state index in [9.17, 15) is 19.8 Å². The Kier molecular flexibility index (Phi) is 5.15. The van der Waals surface area contributed by atoms with Gasteiger partial charge in [0.05, 0.1) is 0 Å². The van der Waals surface area contributed by atoms with Crippen LogP contribution >= 0.6 is 0 Å². The molecule has 2 aliphatic rings. The molecule has 7 nitrogen and oxygen atoms in total. The Labute approximate surface area is 145 Å². The molecule has 2 N–H and O–H groups in total. The molecule has 0 bridgehead atoms. The summed E-state index contributed by atoms with van der Waals surface area (Å²) in [6.07, 6.45) is 8.75. The lowest BCUT2D eigenvalue weighted by atomic mass is 9.94. The van der Waals surface area contributed by atoms with Gasteiger partial charge in [-0.05, 0) is 25.7 Å². The van der Waals surface area contributed by atoms with Gasteiger partial charge in [-0.15, -0.1) is 0 Å². The van der Waals surface area contributed by atoms with Crippen LogP contribution < -0.4 is 0 Å². The summed E-state index contributed by atoms with van der Waals surface area (Å²) in [6, 6.07) is 0. The van der Waals surface area contributed by atoms with Crippen molar-refractivity contribution in [2.75, 3.05) is 0 Å². The number of esters is 2. The summed E-state index contributed by atoms with van der Waals surface area (Å²) in [6.45, 7) is 0. The molecule has 2 fully saturated rings. The van der Waals surface area contributed by atoms with E-state index in [4.69, 9.17) is 13.9 Å². The molecule has 2 aliphatic carbocycles. The first-order valence-electron chi connectivity index (χ1n) is 8.88. The quantitative estimate of drug-likeness (QED) is 0.634. The van der Waals surface area contributed by atoms with Crippen LogP contribution in [0.5, 0.6) is 0 Å². The highest BCUT2D eigenvalue weighted by atomic mass is 16.7. The van der Waals surface area contributed by atoms with Gasteiger partial charge in [0, 0.05) is 25.7 Å². The van der Waals surface area contributed by atoms with Gasteiger partial charge in [-0.25, -0.2) is 9.59 Å². The third kappa shape index (κ3) is 4.22. The standard InChI is InChI=1S/C18H24O7/c19-15(24-17(21)7-3-1-4-8-17)13-11-23-12-14(13)16(20)25-18(22)9-5-2-6-10-18/h11-12,21-22H,1-10H2. The molecule has 0 radical (unpaired) electrons. The highest BCUT2D eigenvalue weighted by Gasteiger charge is 2.38. The Morgan fingerprint density at radius 3 is 1.48 bits per heavy atom. The third-order valence-electron chi connectivity index (χ3n) is 4.94. The van der Waals surface area contributed by atoms with Crippen LogP contribution in [0.1, 0.15) is 84.9 Å². The molecule has 1 heterocycles. The van der Waals surface area contributed by atoms with Gasteiger partial charge in [0.15, 0.2) is 0 Å². The van der Waals surface area contributed by atoms with E-state index in [1.54, 1.807) is 0 Å². The van der Waals surface area contributed by atoms with Gasteiger partial charge < -0.3 is 24.1 Å². The second kappa shape index (κ2) is 7.17. The average molecular weight is 352 g/mol. The zero-order valence-corrected chi connectivity index (χ0v) is 14.2.